The van der Waals surface area contributed by atoms with Crippen LogP contribution in [0, 0.1) is 0 Å². The lowest BCUT2D eigenvalue weighted by Gasteiger charge is -2.17. The number of phenolic OH excluding ortho intramolecular Hbond substituents is 1. The molecule has 0 amide bonds. The molecule has 0 heterocycles. The molecule has 1 rings (SSSR count). The molecule has 1 aromatic carbocycles. The topological polar surface area (TPSA) is 47.9 Å². The summed E-state index contributed by atoms with van der Waals surface area (Å²) in [6.45, 7) is 10.7. The van der Waals surface area contributed by atoms with E-state index >= 15 is 0 Å². The molecule has 0 aliphatic rings. The van der Waals surface area contributed by atoms with Gasteiger partial charge < -0.3 is 19.3 Å². The first-order valence-electron chi connectivity index (χ1n) is 21.8. The number of hydrogen-bond donors (Lipinski definition) is 1. The van der Waals surface area contributed by atoms with Gasteiger partial charge in [0.15, 0.2) is 0 Å². The highest BCUT2D eigenvalue weighted by atomic mass is 16.5. The average Bonchev–Trinajstić information content (AvgIpc) is 3.11. The highest BCUT2D eigenvalue weighted by Crippen LogP contribution is 2.28. The smallest absolute Gasteiger partial charge is 0.121 e. The first-order valence-corrected chi connectivity index (χ1v) is 21.8. The Hall–Kier alpha value is -1.10. The van der Waals surface area contributed by atoms with Crippen LogP contribution in [-0.4, -0.2) is 24.9 Å². The van der Waals surface area contributed by atoms with Crippen molar-refractivity contribution in [3.8, 4) is 5.75 Å². The second kappa shape index (κ2) is 36.7. The van der Waals surface area contributed by atoms with Gasteiger partial charge in [-0.3, -0.25) is 0 Å². The molecule has 0 spiro atoms. The Morgan fingerprint density at radius 2 is 0.633 bits per heavy atom. The van der Waals surface area contributed by atoms with Crippen molar-refractivity contribution in [3.63, 3.8) is 0 Å². The van der Waals surface area contributed by atoms with Gasteiger partial charge in [0.1, 0.15) is 5.75 Å². The van der Waals surface area contributed by atoms with Crippen molar-refractivity contribution in [1.82, 2.24) is 0 Å². The molecule has 1 N–H and O–H groups in total. The predicted octanol–water partition coefficient (Wildman–Crippen LogP) is 14.7. The van der Waals surface area contributed by atoms with E-state index in [1.807, 2.05) is 12.1 Å². The average molecular weight is 689 g/mol. The largest absolute Gasteiger partial charge is 0.508 e. The molecule has 0 aromatic heterocycles. The molecule has 0 atom stereocenters. The highest BCUT2D eigenvalue weighted by Gasteiger charge is 2.14. The maximum Gasteiger partial charge on any atom is 0.121 e. The van der Waals surface area contributed by atoms with Crippen molar-refractivity contribution in [3.05, 3.63) is 28.8 Å². The molecule has 0 radical (unpaired) electrons. The van der Waals surface area contributed by atoms with Gasteiger partial charge >= 0.3 is 0 Å². The molecule has 288 valence electrons. The van der Waals surface area contributed by atoms with Crippen molar-refractivity contribution in [2.75, 3.05) is 19.8 Å². The second-order valence-corrected chi connectivity index (χ2v) is 14.9. The highest BCUT2D eigenvalue weighted by molar-refractivity contribution is 5.43. The number of phenols is 1. The number of unbranched alkanes of at least 4 members (excludes halogenated alkanes) is 27. The summed E-state index contributed by atoms with van der Waals surface area (Å²) in [7, 11) is 0. The third kappa shape index (κ3) is 28.2. The van der Waals surface area contributed by atoms with E-state index in [-0.39, 0.29) is 0 Å². The van der Waals surface area contributed by atoms with Crippen LogP contribution in [0.15, 0.2) is 12.1 Å². The summed E-state index contributed by atoms with van der Waals surface area (Å²) in [6, 6.07) is 3.85. The van der Waals surface area contributed by atoms with Crippen LogP contribution in [0.25, 0.3) is 0 Å². The Kier molecular flexibility index (Phi) is 34.4. The lowest BCUT2D eigenvalue weighted by molar-refractivity contribution is 0.0945. The lowest BCUT2D eigenvalue weighted by Crippen LogP contribution is -2.08. The molecular formula is C45H84O4. The van der Waals surface area contributed by atoms with Crippen molar-refractivity contribution in [2.45, 2.75) is 233 Å². The number of benzene rings is 1. The van der Waals surface area contributed by atoms with Gasteiger partial charge in [-0.05, 0) is 36.5 Å². The van der Waals surface area contributed by atoms with Gasteiger partial charge in [-0.15, -0.1) is 0 Å². The molecule has 1 aromatic rings. The van der Waals surface area contributed by atoms with E-state index in [1.54, 1.807) is 0 Å². The van der Waals surface area contributed by atoms with Crippen molar-refractivity contribution < 1.29 is 19.3 Å². The molecule has 0 aliphatic carbocycles. The van der Waals surface area contributed by atoms with E-state index in [9.17, 15) is 5.11 Å². The van der Waals surface area contributed by atoms with Gasteiger partial charge in [-0.2, -0.15) is 0 Å². The second-order valence-electron chi connectivity index (χ2n) is 14.9. The van der Waals surface area contributed by atoms with Gasteiger partial charge in [0.2, 0.25) is 0 Å². The van der Waals surface area contributed by atoms with E-state index in [1.165, 1.54) is 173 Å². The Morgan fingerprint density at radius 3 is 0.980 bits per heavy atom. The zero-order valence-corrected chi connectivity index (χ0v) is 33.3. The van der Waals surface area contributed by atoms with Crippen LogP contribution >= 0.6 is 0 Å². The summed E-state index contributed by atoms with van der Waals surface area (Å²) >= 11 is 0. The maximum absolute atomic E-state index is 10.9. The van der Waals surface area contributed by atoms with E-state index < -0.39 is 0 Å². The minimum atomic E-state index is 0.319. The minimum absolute atomic E-state index is 0.319. The fraction of sp³-hybridized carbons (Fsp3) is 0.867. The zero-order valence-electron chi connectivity index (χ0n) is 33.3. The van der Waals surface area contributed by atoms with Crippen molar-refractivity contribution >= 4 is 0 Å². The Labute approximate surface area is 306 Å². The van der Waals surface area contributed by atoms with Crippen LogP contribution in [0.5, 0.6) is 5.75 Å². The standard InChI is InChI=1S/C45H84O4/c1-4-7-10-13-16-19-22-25-28-31-36-47-39-42-34-35-45(46)44(41-49-38-33-30-27-24-21-18-15-12-9-6-3)43(42)40-48-37-32-29-26-23-20-17-14-11-8-5-2/h34-35,46H,4-33,36-41H2,1-3H3. The number of hydrogen-bond acceptors (Lipinski definition) is 4. The SMILES string of the molecule is CCCCCCCCCCCCOCc1ccc(O)c(COCCCCCCCCCCCC)c1COCCCCCCCCCCCC. The molecule has 0 fully saturated rings. The van der Waals surface area contributed by atoms with Crippen LogP contribution in [-0.2, 0) is 34.0 Å². The van der Waals surface area contributed by atoms with Crippen LogP contribution in [0.4, 0.5) is 0 Å². The summed E-state index contributed by atoms with van der Waals surface area (Å²) in [5, 5.41) is 10.9. The first kappa shape index (κ1) is 45.9. The Balaban J connectivity index is 2.44. The van der Waals surface area contributed by atoms with Gasteiger partial charge in [0.25, 0.3) is 0 Å². The first-order chi connectivity index (χ1) is 24.2. The van der Waals surface area contributed by atoms with Gasteiger partial charge in [0, 0.05) is 25.4 Å². The fourth-order valence-electron chi connectivity index (χ4n) is 6.81. The number of aromatic hydroxyl groups is 1. The monoisotopic (exact) mass is 689 g/mol. The summed E-state index contributed by atoms with van der Waals surface area (Å²) in [6.07, 6.45) is 39.8. The Bertz CT molecular complexity index is 809. The molecule has 0 saturated carbocycles. The molecule has 4 heteroatoms. The maximum atomic E-state index is 10.9. The van der Waals surface area contributed by atoms with Gasteiger partial charge in [-0.1, -0.05) is 200 Å². The molecule has 49 heavy (non-hydrogen) atoms. The number of rotatable bonds is 39. The summed E-state index contributed by atoms with van der Waals surface area (Å²) < 4.78 is 18.6. The van der Waals surface area contributed by atoms with Crippen LogP contribution in [0.3, 0.4) is 0 Å². The number of ether oxygens (including phenoxy) is 3. The van der Waals surface area contributed by atoms with Crippen LogP contribution in [0.1, 0.15) is 230 Å². The van der Waals surface area contributed by atoms with Crippen LogP contribution < -0.4 is 0 Å². The summed E-state index contributed by atoms with van der Waals surface area (Å²) in [5.41, 5.74) is 3.08. The van der Waals surface area contributed by atoms with Crippen molar-refractivity contribution in [1.29, 1.82) is 0 Å². The van der Waals surface area contributed by atoms with E-state index in [4.69, 9.17) is 14.2 Å². The van der Waals surface area contributed by atoms with Crippen LogP contribution in [0.2, 0.25) is 0 Å². The molecule has 0 saturated heterocycles. The zero-order chi connectivity index (χ0) is 35.3. The minimum Gasteiger partial charge on any atom is -0.508 e. The molecular weight excluding hydrogens is 604 g/mol. The van der Waals surface area contributed by atoms with E-state index in [2.05, 4.69) is 20.8 Å². The van der Waals surface area contributed by atoms with Gasteiger partial charge in [-0.25, -0.2) is 0 Å². The normalized spacial score (nSPS) is 11.6. The third-order valence-electron chi connectivity index (χ3n) is 10.2. The Morgan fingerprint density at radius 1 is 0.347 bits per heavy atom. The quantitative estimate of drug-likeness (QED) is 0.0699. The van der Waals surface area contributed by atoms with Gasteiger partial charge in [0.05, 0.1) is 19.8 Å². The summed E-state index contributed by atoms with van der Waals surface area (Å²) in [5.74, 6) is 0.319. The predicted molar refractivity (Wildman–Crippen MR) is 213 cm³/mol. The molecule has 0 aliphatic heterocycles. The fourth-order valence-corrected chi connectivity index (χ4v) is 6.81. The summed E-state index contributed by atoms with van der Waals surface area (Å²) in [4.78, 5) is 0. The van der Waals surface area contributed by atoms with Crippen molar-refractivity contribution in [2.24, 2.45) is 0 Å². The van der Waals surface area contributed by atoms with E-state index in [0.717, 1.165) is 55.8 Å². The lowest BCUT2D eigenvalue weighted by atomic mass is 10.0. The molecule has 0 unspecified atom stereocenters. The molecule has 0 bridgehead atoms. The van der Waals surface area contributed by atoms with E-state index in [0.29, 0.717) is 25.6 Å². The molecule has 4 nitrogen and oxygen atoms in total. The third-order valence-corrected chi connectivity index (χ3v) is 10.2.